The molecule has 0 heterocycles. The van der Waals surface area contributed by atoms with Crippen LogP contribution in [0.5, 0.6) is 5.75 Å². The normalized spacial score (nSPS) is 11.9. The molecule has 0 bridgehead atoms. The number of nitrogens with one attached hydrogen (secondary N) is 1. The van der Waals surface area contributed by atoms with Crippen LogP contribution in [0.2, 0.25) is 0 Å². The molecule has 0 aliphatic heterocycles. The van der Waals surface area contributed by atoms with Crippen LogP contribution < -0.4 is 10.1 Å². The molecule has 0 radical (unpaired) electrons. The highest BCUT2D eigenvalue weighted by Crippen LogP contribution is 2.14. The van der Waals surface area contributed by atoms with Crippen LogP contribution in [-0.4, -0.2) is 50.3 Å². The molecule has 0 amide bonds. The molecule has 1 rings (SSSR count). The van der Waals surface area contributed by atoms with Crippen molar-refractivity contribution >= 4 is 11.8 Å². The summed E-state index contributed by atoms with van der Waals surface area (Å²) in [5.74, 6) is -0.382. The van der Waals surface area contributed by atoms with Crippen molar-refractivity contribution in [3.8, 4) is 5.75 Å². The largest absolute Gasteiger partial charge is 0.497 e. The van der Waals surface area contributed by atoms with E-state index in [1.807, 2.05) is 0 Å². The number of aliphatic carboxylic acids is 1. The van der Waals surface area contributed by atoms with E-state index in [0.29, 0.717) is 24.5 Å². The van der Waals surface area contributed by atoms with Crippen molar-refractivity contribution in [2.75, 3.05) is 27.4 Å². The van der Waals surface area contributed by atoms with Gasteiger partial charge in [0.2, 0.25) is 0 Å². The molecule has 1 atom stereocenters. The van der Waals surface area contributed by atoms with E-state index < -0.39 is 12.0 Å². The fourth-order valence-corrected chi connectivity index (χ4v) is 1.89. The van der Waals surface area contributed by atoms with E-state index in [0.717, 1.165) is 0 Å². The summed E-state index contributed by atoms with van der Waals surface area (Å²) in [6.45, 7) is 0.947. The van der Waals surface area contributed by atoms with Crippen molar-refractivity contribution in [2.45, 2.75) is 18.9 Å². The third kappa shape index (κ3) is 5.93. The standard InChI is InChI=1S/C15H21NO5/c1-20-10-9-16-13(7-8-14(17)18)15(19)11-3-5-12(21-2)6-4-11/h3-6,13,16H,7-10H2,1-2H3,(H,17,18). The lowest BCUT2D eigenvalue weighted by Gasteiger charge is -2.17. The van der Waals surface area contributed by atoms with Crippen molar-refractivity contribution in [1.82, 2.24) is 5.32 Å². The van der Waals surface area contributed by atoms with Crippen molar-refractivity contribution in [2.24, 2.45) is 0 Å². The number of carboxylic acid groups (broad SMARTS) is 1. The number of carboxylic acids is 1. The van der Waals surface area contributed by atoms with E-state index >= 15 is 0 Å². The van der Waals surface area contributed by atoms with E-state index in [4.69, 9.17) is 14.6 Å². The van der Waals surface area contributed by atoms with Gasteiger partial charge < -0.3 is 19.9 Å². The molecule has 0 spiro atoms. The molecule has 1 unspecified atom stereocenters. The van der Waals surface area contributed by atoms with Crippen molar-refractivity contribution in [3.05, 3.63) is 29.8 Å². The smallest absolute Gasteiger partial charge is 0.303 e. The van der Waals surface area contributed by atoms with Crippen LogP contribution in [0.4, 0.5) is 0 Å². The Labute approximate surface area is 124 Å². The molecule has 116 valence electrons. The number of methoxy groups -OCH3 is 2. The van der Waals surface area contributed by atoms with E-state index in [2.05, 4.69) is 5.32 Å². The quantitative estimate of drug-likeness (QED) is 0.500. The van der Waals surface area contributed by atoms with E-state index in [9.17, 15) is 9.59 Å². The number of hydrogen-bond acceptors (Lipinski definition) is 5. The maximum atomic E-state index is 12.4. The molecule has 1 aromatic rings. The monoisotopic (exact) mass is 295 g/mol. The summed E-state index contributed by atoms with van der Waals surface area (Å²) >= 11 is 0. The Bertz CT molecular complexity index is 458. The fraction of sp³-hybridized carbons (Fsp3) is 0.467. The lowest BCUT2D eigenvalue weighted by molar-refractivity contribution is -0.137. The van der Waals surface area contributed by atoms with E-state index in [1.54, 1.807) is 38.5 Å². The summed E-state index contributed by atoms with van der Waals surface area (Å²) in [5.41, 5.74) is 0.524. The first-order chi connectivity index (χ1) is 10.1. The number of hydrogen-bond donors (Lipinski definition) is 2. The number of ketones is 1. The molecule has 0 aliphatic carbocycles. The fourth-order valence-electron chi connectivity index (χ4n) is 1.89. The molecule has 0 saturated carbocycles. The third-order valence-corrected chi connectivity index (χ3v) is 3.03. The van der Waals surface area contributed by atoms with Gasteiger partial charge in [-0.2, -0.15) is 0 Å². The maximum absolute atomic E-state index is 12.4. The van der Waals surface area contributed by atoms with Crippen LogP contribution in [0.15, 0.2) is 24.3 Å². The summed E-state index contributed by atoms with van der Waals surface area (Å²) in [6.07, 6.45) is 0.177. The van der Waals surface area contributed by atoms with E-state index in [1.165, 1.54) is 0 Å². The van der Waals surface area contributed by atoms with Crippen molar-refractivity contribution < 1.29 is 24.2 Å². The van der Waals surface area contributed by atoms with Crippen LogP contribution in [0.3, 0.4) is 0 Å². The highest BCUT2D eigenvalue weighted by atomic mass is 16.5. The Kier molecular flexibility index (Phi) is 7.42. The van der Waals surface area contributed by atoms with Crippen LogP contribution >= 0.6 is 0 Å². The molecular formula is C15H21NO5. The summed E-state index contributed by atoms with van der Waals surface area (Å²) in [7, 11) is 3.12. The Balaban J connectivity index is 2.73. The van der Waals surface area contributed by atoms with Gasteiger partial charge in [-0.05, 0) is 30.7 Å². The van der Waals surface area contributed by atoms with Gasteiger partial charge in [0.1, 0.15) is 5.75 Å². The number of ether oxygens (including phenoxy) is 2. The van der Waals surface area contributed by atoms with Gasteiger partial charge in [0.25, 0.3) is 0 Å². The number of rotatable bonds is 10. The van der Waals surface area contributed by atoms with Gasteiger partial charge in [-0.3, -0.25) is 9.59 Å². The molecule has 6 heteroatoms. The summed E-state index contributed by atoms with van der Waals surface area (Å²) in [4.78, 5) is 23.1. The first-order valence-electron chi connectivity index (χ1n) is 6.71. The van der Waals surface area contributed by atoms with Crippen LogP contribution in [0, 0.1) is 0 Å². The number of Topliss-reactive ketones (excluding diaryl/α,β-unsaturated/α-hetero) is 1. The first kappa shape index (κ1) is 17.1. The van der Waals surface area contributed by atoms with E-state index in [-0.39, 0.29) is 18.6 Å². The minimum Gasteiger partial charge on any atom is -0.497 e. The number of carbonyl (C=O) groups is 2. The minimum atomic E-state index is -0.920. The molecular weight excluding hydrogens is 274 g/mol. The second-order valence-corrected chi connectivity index (χ2v) is 4.52. The van der Waals surface area contributed by atoms with Gasteiger partial charge in [-0.15, -0.1) is 0 Å². The summed E-state index contributed by atoms with van der Waals surface area (Å²) in [6, 6.07) is 6.22. The van der Waals surface area contributed by atoms with Gasteiger partial charge in [-0.1, -0.05) is 0 Å². The van der Waals surface area contributed by atoms with Gasteiger partial charge in [-0.25, -0.2) is 0 Å². The maximum Gasteiger partial charge on any atom is 0.303 e. The average molecular weight is 295 g/mol. The molecule has 6 nitrogen and oxygen atoms in total. The van der Waals surface area contributed by atoms with Crippen LogP contribution in [0.1, 0.15) is 23.2 Å². The number of benzene rings is 1. The summed E-state index contributed by atoms with van der Waals surface area (Å²) < 4.78 is 9.97. The van der Waals surface area contributed by atoms with Gasteiger partial charge >= 0.3 is 5.97 Å². The molecule has 0 fully saturated rings. The Morgan fingerprint density at radius 3 is 2.43 bits per heavy atom. The molecule has 2 N–H and O–H groups in total. The second kappa shape index (κ2) is 9.10. The molecule has 1 aromatic carbocycles. The van der Waals surface area contributed by atoms with Crippen LogP contribution in [-0.2, 0) is 9.53 Å². The predicted octanol–water partition coefficient (Wildman–Crippen LogP) is 1.35. The lowest BCUT2D eigenvalue weighted by Crippen LogP contribution is -2.39. The zero-order chi connectivity index (χ0) is 15.7. The van der Waals surface area contributed by atoms with Gasteiger partial charge in [0.15, 0.2) is 5.78 Å². The Morgan fingerprint density at radius 1 is 1.24 bits per heavy atom. The SMILES string of the molecule is COCCNC(CCC(=O)O)C(=O)c1ccc(OC)cc1. The highest BCUT2D eigenvalue weighted by molar-refractivity contribution is 6.00. The van der Waals surface area contributed by atoms with Crippen LogP contribution in [0.25, 0.3) is 0 Å². The Hall–Kier alpha value is -1.92. The molecule has 0 aromatic heterocycles. The van der Waals surface area contributed by atoms with Gasteiger partial charge in [0.05, 0.1) is 19.8 Å². The third-order valence-electron chi connectivity index (χ3n) is 3.03. The average Bonchev–Trinajstić information content (AvgIpc) is 2.50. The van der Waals surface area contributed by atoms with Crippen molar-refractivity contribution in [3.63, 3.8) is 0 Å². The highest BCUT2D eigenvalue weighted by Gasteiger charge is 2.20. The minimum absolute atomic E-state index is 0.0630. The van der Waals surface area contributed by atoms with Crippen molar-refractivity contribution in [1.29, 1.82) is 0 Å². The Morgan fingerprint density at radius 2 is 1.90 bits per heavy atom. The second-order valence-electron chi connectivity index (χ2n) is 4.52. The number of carbonyl (C=O) groups excluding carboxylic acids is 1. The lowest BCUT2D eigenvalue weighted by atomic mass is 10.00. The topological polar surface area (TPSA) is 84.9 Å². The molecule has 0 aliphatic rings. The molecule has 21 heavy (non-hydrogen) atoms. The zero-order valence-corrected chi connectivity index (χ0v) is 12.3. The predicted molar refractivity (Wildman–Crippen MR) is 77.9 cm³/mol. The molecule has 0 saturated heterocycles. The van der Waals surface area contributed by atoms with Gasteiger partial charge in [0, 0.05) is 25.6 Å². The zero-order valence-electron chi connectivity index (χ0n) is 12.3. The summed E-state index contributed by atoms with van der Waals surface area (Å²) in [5, 5.41) is 11.8. The first-order valence-corrected chi connectivity index (χ1v) is 6.71.